The van der Waals surface area contributed by atoms with Crippen molar-refractivity contribution in [3.63, 3.8) is 0 Å². The number of nitrogens with zero attached hydrogens (tertiary/aromatic N) is 5. The number of carbonyl (C=O) groups is 1. The molecule has 1 fully saturated rings. The van der Waals surface area contributed by atoms with Crippen LogP contribution >= 0.6 is 0 Å². The van der Waals surface area contributed by atoms with E-state index in [1.807, 2.05) is 18.9 Å². The maximum Gasteiger partial charge on any atom is 0.416 e. The third-order valence-electron chi connectivity index (χ3n) is 6.76. The number of alkyl halides is 3. The summed E-state index contributed by atoms with van der Waals surface area (Å²) in [6, 6.07) is 12.0. The highest BCUT2D eigenvalue weighted by molar-refractivity contribution is 6.04. The van der Waals surface area contributed by atoms with Gasteiger partial charge in [-0.3, -0.25) is 9.69 Å². The minimum absolute atomic E-state index is 0.0516. The Labute approximate surface area is 227 Å². The summed E-state index contributed by atoms with van der Waals surface area (Å²) in [5.41, 5.74) is 1.21. The molecule has 1 aliphatic rings. The average Bonchev–Trinajstić information content (AvgIpc) is 3.29. The Morgan fingerprint density at radius 3 is 2.58 bits per heavy atom. The lowest BCUT2D eigenvalue weighted by atomic mass is 10.0. The second kappa shape index (κ2) is 11.0. The van der Waals surface area contributed by atoms with Crippen LogP contribution < -0.4 is 11.0 Å². The summed E-state index contributed by atoms with van der Waals surface area (Å²) in [5.74, 6) is 5.25. The van der Waals surface area contributed by atoms with Crippen LogP contribution in [0.3, 0.4) is 0 Å². The fourth-order valence-corrected chi connectivity index (χ4v) is 4.40. The van der Waals surface area contributed by atoms with Crippen molar-refractivity contribution >= 4 is 17.2 Å². The van der Waals surface area contributed by atoms with Crippen molar-refractivity contribution in [1.82, 2.24) is 29.6 Å². The molecule has 0 aliphatic carbocycles. The highest BCUT2D eigenvalue weighted by Crippen LogP contribution is 2.34. The molecule has 9 nitrogen and oxygen atoms in total. The van der Waals surface area contributed by atoms with Crippen LogP contribution in [0.2, 0.25) is 0 Å². The van der Waals surface area contributed by atoms with Crippen molar-refractivity contribution in [2.75, 3.05) is 38.5 Å². The fraction of sp³-hybridized carbons (Fsp3) is 0.286. The number of hydrogen-bond donors (Lipinski definition) is 2. The summed E-state index contributed by atoms with van der Waals surface area (Å²) >= 11 is 0. The molecule has 3 heterocycles. The molecule has 12 heteroatoms. The van der Waals surface area contributed by atoms with Crippen LogP contribution in [0, 0.1) is 18.8 Å². The number of aryl methyl sites for hydroxylation is 1. The number of rotatable bonds is 4. The molecule has 0 atom stereocenters. The van der Waals surface area contributed by atoms with E-state index in [0.29, 0.717) is 30.0 Å². The predicted octanol–water partition coefficient (Wildman–Crippen LogP) is 3.14. The van der Waals surface area contributed by atoms with E-state index < -0.39 is 23.3 Å². The first-order chi connectivity index (χ1) is 19.1. The average molecular weight is 550 g/mol. The van der Waals surface area contributed by atoms with Crippen molar-refractivity contribution in [1.29, 1.82) is 0 Å². The molecule has 40 heavy (non-hydrogen) atoms. The zero-order valence-electron chi connectivity index (χ0n) is 21.8. The highest BCUT2D eigenvalue weighted by Gasteiger charge is 2.34. The van der Waals surface area contributed by atoms with E-state index in [9.17, 15) is 22.8 Å². The zero-order valence-corrected chi connectivity index (χ0v) is 21.8. The van der Waals surface area contributed by atoms with Crippen LogP contribution in [-0.2, 0) is 12.7 Å². The Bertz CT molecular complexity index is 1690. The van der Waals surface area contributed by atoms with Gasteiger partial charge in [-0.25, -0.2) is 9.89 Å². The third-order valence-corrected chi connectivity index (χ3v) is 6.76. The number of aromatic amines is 1. The summed E-state index contributed by atoms with van der Waals surface area (Å²) in [6.45, 7) is 4.99. The predicted molar refractivity (Wildman–Crippen MR) is 143 cm³/mol. The number of piperazine rings is 1. The number of carbonyl (C=O) groups excluding carboxylic acids is 1. The lowest BCUT2D eigenvalue weighted by Gasteiger charge is -2.33. The Morgan fingerprint density at radius 1 is 1.05 bits per heavy atom. The molecule has 0 radical (unpaired) electrons. The molecule has 0 spiro atoms. The number of halogens is 3. The molecule has 1 aliphatic heterocycles. The van der Waals surface area contributed by atoms with Crippen molar-refractivity contribution < 1.29 is 18.0 Å². The summed E-state index contributed by atoms with van der Waals surface area (Å²) in [7, 11) is 1.99. The molecular weight excluding hydrogens is 523 g/mol. The third kappa shape index (κ3) is 6.06. The first-order valence-corrected chi connectivity index (χ1v) is 12.6. The van der Waals surface area contributed by atoms with Crippen LogP contribution in [0.15, 0.2) is 53.3 Å². The summed E-state index contributed by atoms with van der Waals surface area (Å²) < 4.78 is 42.9. The topological polar surface area (TPSA) is 98.6 Å². The minimum atomic E-state index is -4.56. The number of benzene rings is 2. The number of nitrogens with one attached hydrogen (secondary N) is 2. The monoisotopic (exact) mass is 549 g/mol. The number of likely N-dealkylation sites (N-methyl/N-ethyl adjacent to an activating group) is 1. The molecule has 5 rings (SSSR count). The molecule has 2 aromatic heterocycles. The molecule has 1 amide bonds. The highest BCUT2D eigenvalue weighted by atomic mass is 19.4. The molecule has 2 N–H and O–H groups in total. The van der Waals surface area contributed by atoms with E-state index in [1.165, 1.54) is 12.1 Å². The quantitative estimate of drug-likeness (QED) is 0.380. The Kier molecular flexibility index (Phi) is 7.42. The van der Waals surface area contributed by atoms with Gasteiger partial charge in [0.2, 0.25) is 0 Å². The number of aromatic nitrogens is 4. The number of fused-ring (bicyclic) bond motifs is 1. The number of hydrogen-bond acceptors (Lipinski definition) is 6. The van der Waals surface area contributed by atoms with Gasteiger partial charge in [-0.2, -0.15) is 27.9 Å². The van der Waals surface area contributed by atoms with Crippen molar-refractivity contribution in [2.24, 2.45) is 0 Å². The van der Waals surface area contributed by atoms with E-state index in [4.69, 9.17) is 0 Å². The largest absolute Gasteiger partial charge is 0.416 e. The van der Waals surface area contributed by atoms with Crippen molar-refractivity contribution in [2.45, 2.75) is 19.6 Å². The van der Waals surface area contributed by atoms with E-state index in [0.717, 1.165) is 29.2 Å². The second-order valence-electron chi connectivity index (χ2n) is 9.70. The maximum atomic E-state index is 13.9. The molecule has 2 aromatic carbocycles. The Hall–Kier alpha value is -4.47. The van der Waals surface area contributed by atoms with E-state index in [2.05, 4.69) is 37.4 Å². The normalized spacial score (nSPS) is 14.6. The molecular formula is C28H26F3N7O2. The molecule has 4 aromatic rings. The van der Waals surface area contributed by atoms with Crippen LogP contribution in [0.5, 0.6) is 0 Å². The van der Waals surface area contributed by atoms with Crippen molar-refractivity contribution in [3.8, 4) is 11.8 Å². The Morgan fingerprint density at radius 2 is 1.82 bits per heavy atom. The van der Waals surface area contributed by atoms with Crippen LogP contribution in [-0.4, -0.2) is 68.7 Å². The molecule has 0 unspecified atom stereocenters. The smallest absolute Gasteiger partial charge is 0.322 e. The fourth-order valence-electron chi connectivity index (χ4n) is 4.40. The summed E-state index contributed by atoms with van der Waals surface area (Å²) in [5, 5.41) is 12.8. The van der Waals surface area contributed by atoms with Gasteiger partial charge in [0.25, 0.3) is 5.91 Å². The molecule has 0 saturated carbocycles. The first kappa shape index (κ1) is 27.1. The summed E-state index contributed by atoms with van der Waals surface area (Å²) in [6.07, 6.45) is -4.56. The molecule has 1 saturated heterocycles. The van der Waals surface area contributed by atoms with E-state index in [1.54, 1.807) is 30.3 Å². The maximum absolute atomic E-state index is 13.9. The van der Waals surface area contributed by atoms with Gasteiger partial charge in [-0.15, -0.1) is 0 Å². The number of anilines is 1. The van der Waals surface area contributed by atoms with Gasteiger partial charge >= 0.3 is 11.9 Å². The van der Waals surface area contributed by atoms with Gasteiger partial charge in [0.1, 0.15) is 5.69 Å². The lowest BCUT2D eigenvalue weighted by Crippen LogP contribution is -2.44. The van der Waals surface area contributed by atoms with Gasteiger partial charge in [0.15, 0.2) is 5.65 Å². The van der Waals surface area contributed by atoms with Gasteiger partial charge in [-0.1, -0.05) is 18.1 Å². The Balaban J connectivity index is 1.35. The number of H-pyrrole nitrogens is 1. The van der Waals surface area contributed by atoms with Crippen LogP contribution in [0.1, 0.15) is 38.3 Å². The SMILES string of the molecule is Cc1ccc(C(=O)Nc2ccc(CN3CCN(C)CC3)c(C(F)(F)F)c2)cc1C#Cc1ccc2n[nH]c(=O)n2n1. The number of amides is 1. The van der Waals surface area contributed by atoms with Gasteiger partial charge < -0.3 is 10.2 Å². The summed E-state index contributed by atoms with van der Waals surface area (Å²) in [4.78, 5) is 28.9. The molecule has 0 bridgehead atoms. The van der Waals surface area contributed by atoms with Crippen LogP contribution in [0.4, 0.5) is 18.9 Å². The minimum Gasteiger partial charge on any atom is -0.322 e. The lowest BCUT2D eigenvalue weighted by molar-refractivity contribution is -0.138. The van der Waals surface area contributed by atoms with Gasteiger partial charge in [0.05, 0.1) is 5.56 Å². The van der Waals surface area contributed by atoms with Gasteiger partial charge in [-0.05, 0) is 67.4 Å². The van der Waals surface area contributed by atoms with Crippen molar-refractivity contribution in [3.05, 3.63) is 92.5 Å². The first-order valence-electron chi connectivity index (χ1n) is 12.6. The van der Waals surface area contributed by atoms with E-state index >= 15 is 0 Å². The second-order valence-corrected chi connectivity index (χ2v) is 9.70. The molecule has 206 valence electrons. The van der Waals surface area contributed by atoms with E-state index in [-0.39, 0.29) is 23.4 Å². The standard InChI is InChI=1S/C28H26F3N7O2/c1-18-3-4-20(15-19(18)5-7-22-9-10-25-33-34-27(40)38(25)35-22)26(39)32-23-8-6-21(24(16-23)28(29,30)31)17-37-13-11-36(2)12-14-37/h3-4,6,8-10,15-16H,11-14,17H2,1-2H3,(H,32,39)(H,34,40). The van der Waals surface area contributed by atoms with Crippen LogP contribution in [0.25, 0.3) is 5.65 Å². The van der Waals surface area contributed by atoms with Gasteiger partial charge in [0, 0.05) is 49.5 Å². The zero-order chi connectivity index (χ0) is 28.4.